The quantitative estimate of drug-likeness (QED) is 0.540. The van der Waals surface area contributed by atoms with Gasteiger partial charge < -0.3 is 21.1 Å². The first-order chi connectivity index (χ1) is 9.54. The van der Waals surface area contributed by atoms with E-state index in [0.717, 1.165) is 19.3 Å². The number of hydrogen-bond donors (Lipinski definition) is 4. The highest BCUT2D eigenvalue weighted by Crippen LogP contribution is 2.31. The average Bonchev–Trinajstić information content (AvgIpc) is 2.89. The Labute approximate surface area is 118 Å². The van der Waals surface area contributed by atoms with Crippen molar-refractivity contribution >= 4 is 17.9 Å². The van der Waals surface area contributed by atoms with E-state index in [0.29, 0.717) is 19.5 Å². The molecule has 2 unspecified atom stereocenters. The van der Waals surface area contributed by atoms with Gasteiger partial charge in [0.1, 0.15) is 0 Å². The van der Waals surface area contributed by atoms with Crippen LogP contribution in [0.1, 0.15) is 32.6 Å². The molecule has 3 amide bonds. The Morgan fingerprint density at radius 1 is 1.15 bits per heavy atom. The van der Waals surface area contributed by atoms with Crippen molar-refractivity contribution in [3.8, 4) is 0 Å². The highest BCUT2D eigenvalue weighted by Gasteiger charge is 2.32. The summed E-state index contributed by atoms with van der Waals surface area (Å²) in [4.78, 5) is 33.8. The first-order valence-corrected chi connectivity index (χ1v) is 7.05. The van der Waals surface area contributed by atoms with Gasteiger partial charge >= 0.3 is 12.0 Å². The molecule has 1 saturated carbocycles. The van der Waals surface area contributed by atoms with E-state index < -0.39 is 12.0 Å². The van der Waals surface area contributed by atoms with Gasteiger partial charge in [0.25, 0.3) is 0 Å². The number of carbonyl (C=O) groups excluding carboxylic acids is 2. The van der Waals surface area contributed by atoms with Crippen molar-refractivity contribution in [2.45, 2.75) is 32.6 Å². The number of aliphatic carboxylic acids is 1. The molecule has 0 aromatic rings. The molecular formula is C13H23N3O4. The number of carboxylic acids is 1. The molecule has 114 valence electrons. The fraction of sp³-hybridized carbons (Fsp3) is 0.769. The third-order valence-corrected chi connectivity index (χ3v) is 3.48. The molecule has 7 nitrogen and oxygen atoms in total. The number of nitrogens with one attached hydrogen (secondary N) is 3. The van der Waals surface area contributed by atoms with Crippen LogP contribution < -0.4 is 16.0 Å². The molecule has 1 fully saturated rings. The van der Waals surface area contributed by atoms with Gasteiger partial charge in [-0.15, -0.1) is 0 Å². The largest absolute Gasteiger partial charge is 0.481 e. The molecule has 20 heavy (non-hydrogen) atoms. The molecule has 0 heterocycles. The van der Waals surface area contributed by atoms with Crippen LogP contribution in [-0.4, -0.2) is 42.6 Å². The third kappa shape index (κ3) is 5.46. The van der Waals surface area contributed by atoms with Crippen LogP contribution in [0.5, 0.6) is 0 Å². The van der Waals surface area contributed by atoms with Gasteiger partial charge in [-0.25, -0.2) is 4.79 Å². The van der Waals surface area contributed by atoms with Gasteiger partial charge in [-0.2, -0.15) is 0 Å². The fourth-order valence-corrected chi connectivity index (χ4v) is 2.38. The Morgan fingerprint density at radius 3 is 2.55 bits per heavy atom. The normalized spacial score (nSPS) is 21.2. The van der Waals surface area contributed by atoms with Crippen LogP contribution in [0.4, 0.5) is 4.79 Å². The Kier molecular flexibility index (Phi) is 6.83. The van der Waals surface area contributed by atoms with Gasteiger partial charge in [0.05, 0.1) is 12.5 Å². The van der Waals surface area contributed by atoms with E-state index in [1.807, 2.05) is 6.92 Å². The molecule has 0 radical (unpaired) electrons. The Morgan fingerprint density at radius 2 is 1.90 bits per heavy atom. The van der Waals surface area contributed by atoms with Crippen molar-refractivity contribution in [2.24, 2.45) is 11.8 Å². The summed E-state index contributed by atoms with van der Waals surface area (Å²) in [7, 11) is 0. The van der Waals surface area contributed by atoms with Crippen molar-refractivity contribution in [3.63, 3.8) is 0 Å². The number of hydrogen-bond acceptors (Lipinski definition) is 3. The number of carboxylic acid groups (broad SMARTS) is 1. The third-order valence-electron chi connectivity index (χ3n) is 3.48. The maximum atomic E-state index is 11.5. The summed E-state index contributed by atoms with van der Waals surface area (Å²) in [6.45, 7) is 2.80. The van der Waals surface area contributed by atoms with E-state index in [-0.39, 0.29) is 24.3 Å². The second-order valence-electron chi connectivity index (χ2n) is 5.05. The number of rotatable bonds is 7. The van der Waals surface area contributed by atoms with Gasteiger partial charge in [-0.3, -0.25) is 9.59 Å². The average molecular weight is 285 g/mol. The molecule has 0 aromatic carbocycles. The fourth-order valence-electron chi connectivity index (χ4n) is 2.38. The highest BCUT2D eigenvalue weighted by molar-refractivity contribution is 5.83. The van der Waals surface area contributed by atoms with Crippen LogP contribution in [0.2, 0.25) is 0 Å². The lowest BCUT2D eigenvalue weighted by Crippen LogP contribution is -2.44. The van der Waals surface area contributed by atoms with Crippen molar-refractivity contribution in [2.75, 3.05) is 19.6 Å². The van der Waals surface area contributed by atoms with E-state index >= 15 is 0 Å². The smallest absolute Gasteiger partial charge is 0.315 e. The maximum Gasteiger partial charge on any atom is 0.315 e. The topological polar surface area (TPSA) is 108 Å². The summed E-state index contributed by atoms with van der Waals surface area (Å²) in [5, 5.41) is 16.8. The minimum Gasteiger partial charge on any atom is -0.481 e. The van der Waals surface area contributed by atoms with Crippen LogP contribution in [0.15, 0.2) is 0 Å². The molecule has 0 spiro atoms. The highest BCUT2D eigenvalue weighted by atomic mass is 16.4. The summed E-state index contributed by atoms with van der Waals surface area (Å²) in [5.74, 6) is -1.42. The van der Waals surface area contributed by atoms with E-state index in [1.165, 1.54) is 0 Å². The van der Waals surface area contributed by atoms with Gasteiger partial charge in [-0.05, 0) is 25.2 Å². The second-order valence-corrected chi connectivity index (χ2v) is 5.05. The molecule has 0 saturated heterocycles. The summed E-state index contributed by atoms with van der Waals surface area (Å²) in [6.07, 6.45) is 3.21. The van der Waals surface area contributed by atoms with E-state index in [1.54, 1.807) is 0 Å². The van der Waals surface area contributed by atoms with Crippen LogP contribution >= 0.6 is 0 Å². The van der Waals surface area contributed by atoms with Crippen LogP contribution in [0.25, 0.3) is 0 Å². The Balaban J connectivity index is 2.19. The Bertz CT molecular complexity index is 360. The predicted octanol–water partition coefficient (Wildman–Crippen LogP) is 0.313. The number of carbonyl (C=O) groups is 3. The lowest BCUT2D eigenvalue weighted by molar-refractivity contribution is -0.142. The molecule has 1 aliphatic rings. The Hall–Kier alpha value is -1.79. The van der Waals surface area contributed by atoms with E-state index in [9.17, 15) is 14.4 Å². The molecule has 0 aromatic heterocycles. The SMILES string of the molecule is CCCNC(=O)CNC(=O)NCC1CCCC1C(=O)O. The summed E-state index contributed by atoms with van der Waals surface area (Å²) in [5.41, 5.74) is 0. The molecular weight excluding hydrogens is 262 g/mol. The molecule has 1 rings (SSSR count). The predicted molar refractivity (Wildman–Crippen MR) is 73.2 cm³/mol. The van der Waals surface area contributed by atoms with Gasteiger partial charge in [-0.1, -0.05) is 13.3 Å². The number of urea groups is 1. The minimum atomic E-state index is -0.798. The van der Waals surface area contributed by atoms with Gasteiger partial charge in [0, 0.05) is 13.1 Å². The molecule has 0 aliphatic heterocycles. The lowest BCUT2D eigenvalue weighted by atomic mass is 9.96. The first kappa shape index (κ1) is 16.3. The molecule has 0 bridgehead atoms. The monoisotopic (exact) mass is 285 g/mol. The zero-order chi connectivity index (χ0) is 15.0. The first-order valence-electron chi connectivity index (χ1n) is 7.05. The summed E-state index contributed by atoms with van der Waals surface area (Å²) >= 11 is 0. The van der Waals surface area contributed by atoms with Crippen molar-refractivity contribution in [1.29, 1.82) is 0 Å². The van der Waals surface area contributed by atoms with Gasteiger partial charge in [0.15, 0.2) is 0 Å². The van der Waals surface area contributed by atoms with Crippen molar-refractivity contribution < 1.29 is 19.5 Å². The zero-order valence-corrected chi connectivity index (χ0v) is 11.8. The zero-order valence-electron chi connectivity index (χ0n) is 11.8. The summed E-state index contributed by atoms with van der Waals surface area (Å²) in [6, 6.07) is -0.437. The number of amides is 3. The maximum absolute atomic E-state index is 11.5. The lowest BCUT2D eigenvalue weighted by Gasteiger charge is -2.16. The molecule has 4 N–H and O–H groups in total. The van der Waals surface area contributed by atoms with Crippen molar-refractivity contribution in [1.82, 2.24) is 16.0 Å². The van der Waals surface area contributed by atoms with Crippen molar-refractivity contribution in [3.05, 3.63) is 0 Å². The molecule has 1 aliphatic carbocycles. The van der Waals surface area contributed by atoms with Gasteiger partial charge in [0.2, 0.25) is 5.91 Å². The van der Waals surface area contributed by atoms with E-state index in [2.05, 4.69) is 16.0 Å². The second kappa shape index (κ2) is 8.39. The van der Waals surface area contributed by atoms with E-state index in [4.69, 9.17) is 5.11 Å². The molecule has 2 atom stereocenters. The van der Waals surface area contributed by atoms with Crippen LogP contribution in [-0.2, 0) is 9.59 Å². The van der Waals surface area contributed by atoms with Crippen LogP contribution in [0, 0.1) is 11.8 Å². The molecule has 7 heteroatoms. The summed E-state index contributed by atoms with van der Waals surface area (Å²) < 4.78 is 0. The standard InChI is InChI=1S/C13H23N3O4/c1-2-6-14-11(17)8-16-13(20)15-7-9-4-3-5-10(9)12(18)19/h9-10H,2-8H2,1H3,(H,14,17)(H,18,19)(H2,15,16,20). The minimum absolute atomic E-state index is 0.0211. The van der Waals surface area contributed by atoms with Crippen LogP contribution in [0.3, 0.4) is 0 Å².